The Morgan fingerprint density at radius 2 is 2.00 bits per heavy atom. The van der Waals surface area contributed by atoms with E-state index in [1.54, 1.807) is 0 Å². The fraction of sp³-hybridized carbons (Fsp3) is 0.667. The van der Waals surface area contributed by atoms with Gasteiger partial charge in [0.2, 0.25) is 0 Å². The van der Waals surface area contributed by atoms with Crippen molar-refractivity contribution >= 4 is 24.4 Å². The number of thioether (sulfide) groups is 1. The highest BCUT2D eigenvalue weighted by molar-refractivity contribution is 7.98. The number of hydrogen-bond acceptors (Lipinski definition) is 3. The molecule has 0 saturated heterocycles. The number of rotatable bonds is 8. The summed E-state index contributed by atoms with van der Waals surface area (Å²) in [5.74, 6) is 5.48. The lowest BCUT2D eigenvalue weighted by molar-refractivity contribution is 0.485. The third-order valence-corrected chi connectivity index (χ3v) is 3.64. The van der Waals surface area contributed by atoms with Crippen LogP contribution in [0.15, 0.2) is 16.5 Å². The van der Waals surface area contributed by atoms with Crippen LogP contribution in [-0.4, -0.2) is 11.5 Å². The van der Waals surface area contributed by atoms with Gasteiger partial charge in [0.1, 0.15) is 11.5 Å². The molecular weight excluding hydrogens is 224 g/mol. The standard InChI is InChI=1S/C12H20OS2/c1-2-11-6-7-12(13-11)10-15-9-5-3-4-8-14/h6-7,14H,2-5,8-10H2,1H3. The van der Waals surface area contributed by atoms with Crippen molar-refractivity contribution in [2.24, 2.45) is 0 Å². The number of unbranched alkanes of at least 4 members (excludes halogenated alkanes) is 2. The molecule has 0 fully saturated rings. The van der Waals surface area contributed by atoms with Crippen molar-refractivity contribution in [2.45, 2.75) is 38.4 Å². The van der Waals surface area contributed by atoms with Crippen molar-refractivity contribution < 1.29 is 4.42 Å². The van der Waals surface area contributed by atoms with Gasteiger partial charge in [0.05, 0.1) is 5.75 Å². The van der Waals surface area contributed by atoms with E-state index in [1.807, 2.05) is 11.8 Å². The van der Waals surface area contributed by atoms with Crippen molar-refractivity contribution in [2.75, 3.05) is 11.5 Å². The van der Waals surface area contributed by atoms with Gasteiger partial charge >= 0.3 is 0 Å². The van der Waals surface area contributed by atoms with Crippen LogP contribution in [-0.2, 0) is 12.2 Å². The van der Waals surface area contributed by atoms with E-state index in [4.69, 9.17) is 4.42 Å². The first kappa shape index (κ1) is 13.0. The maximum atomic E-state index is 5.63. The van der Waals surface area contributed by atoms with Gasteiger partial charge in [-0.05, 0) is 36.5 Å². The number of thiol groups is 1. The van der Waals surface area contributed by atoms with Gasteiger partial charge in [0.15, 0.2) is 0 Å². The van der Waals surface area contributed by atoms with Crippen LogP contribution in [0.1, 0.15) is 37.7 Å². The third kappa shape index (κ3) is 5.57. The second-order valence-electron chi connectivity index (χ2n) is 3.56. The molecule has 0 aliphatic carbocycles. The van der Waals surface area contributed by atoms with Crippen molar-refractivity contribution in [3.63, 3.8) is 0 Å². The molecule has 86 valence electrons. The zero-order valence-corrected chi connectivity index (χ0v) is 11.1. The van der Waals surface area contributed by atoms with Gasteiger partial charge in [-0.15, -0.1) is 0 Å². The molecule has 0 amide bonds. The molecule has 0 aliphatic heterocycles. The quantitative estimate of drug-likeness (QED) is 0.544. The van der Waals surface area contributed by atoms with E-state index in [-0.39, 0.29) is 0 Å². The predicted molar refractivity (Wildman–Crippen MR) is 72.0 cm³/mol. The molecule has 3 heteroatoms. The minimum Gasteiger partial charge on any atom is -0.465 e. The fourth-order valence-corrected chi connectivity index (χ4v) is 2.49. The second-order valence-corrected chi connectivity index (χ2v) is 5.11. The lowest BCUT2D eigenvalue weighted by Gasteiger charge is -1.99. The Morgan fingerprint density at radius 3 is 2.67 bits per heavy atom. The smallest absolute Gasteiger partial charge is 0.114 e. The lowest BCUT2D eigenvalue weighted by Crippen LogP contribution is -1.83. The lowest BCUT2D eigenvalue weighted by atomic mass is 10.3. The molecule has 1 aromatic rings. The van der Waals surface area contributed by atoms with Gasteiger partial charge in [0, 0.05) is 6.42 Å². The van der Waals surface area contributed by atoms with E-state index in [2.05, 4.69) is 31.7 Å². The Bertz CT molecular complexity index is 258. The minimum atomic E-state index is 0.993. The monoisotopic (exact) mass is 244 g/mol. The zero-order valence-electron chi connectivity index (χ0n) is 9.37. The van der Waals surface area contributed by atoms with Crippen LogP contribution in [0.3, 0.4) is 0 Å². The van der Waals surface area contributed by atoms with Gasteiger partial charge in [-0.25, -0.2) is 0 Å². The molecular formula is C12H20OS2. The molecule has 1 aromatic heterocycles. The second kappa shape index (κ2) is 8.17. The van der Waals surface area contributed by atoms with E-state index in [0.29, 0.717) is 0 Å². The summed E-state index contributed by atoms with van der Waals surface area (Å²) < 4.78 is 5.63. The summed E-state index contributed by atoms with van der Waals surface area (Å²) in [6, 6.07) is 4.18. The normalized spacial score (nSPS) is 10.8. The Balaban J connectivity index is 2.04. The Hall–Kier alpha value is -0.0200. The summed E-state index contributed by atoms with van der Waals surface area (Å²) in [5.41, 5.74) is 0. The van der Waals surface area contributed by atoms with E-state index < -0.39 is 0 Å². The van der Waals surface area contributed by atoms with Gasteiger partial charge in [0.25, 0.3) is 0 Å². The molecule has 1 heterocycles. The third-order valence-electron chi connectivity index (χ3n) is 2.26. The molecule has 0 aromatic carbocycles. The molecule has 15 heavy (non-hydrogen) atoms. The first-order valence-electron chi connectivity index (χ1n) is 5.63. The highest BCUT2D eigenvalue weighted by Crippen LogP contribution is 2.17. The Morgan fingerprint density at radius 1 is 1.20 bits per heavy atom. The molecule has 0 saturated carbocycles. The summed E-state index contributed by atoms with van der Waals surface area (Å²) >= 11 is 6.16. The molecule has 1 nitrogen and oxygen atoms in total. The summed E-state index contributed by atoms with van der Waals surface area (Å²) in [6.45, 7) is 2.12. The summed E-state index contributed by atoms with van der Waals surface area (Å²) in [4.78, 5) is 0. The highest BCUT2D eigenvalue weighted by atomic mass is 32.2. The maximum Gasteiger partial charge on any atom is 0.114 e. The van der Waals surface area contributed by atoms with Crippen molar-refractivity contribution in [3.05, 3.63) is 23.7 Å². The maximum absolute atomic E-state index is 5.63. The average Bonchev–Trinajstić information content (AvgIpc) is 2.71. The van der Waals surface area contributed by atoms with Crippen molar-refractivity contribution in [3.8, 4) is 0 Å². The topological polar surface area (TPSA) is 13.1 Å². The van der Waals surface area contributed by atoms with Crippen molar-refractivity contribution in [1.29, 1.82) is 0 Å². The van der Waals surface area contributed by atoms with E-state index in [0.717, 1.165) is 29.4 Å². The molecule has 0 spiro atoms. The zero-order chi connectivity index (χ0) is 10.9. The highest BCUT2D eigenvalue weighted by Gasteiger charge is 1.99. The molecule has 0 bridgehead atoms. The minimum absolute atomic E-state index is 0.993. The van der Waals surface area contributed by atoms with Gasteiger partial charge < -0.3 is 4.42 Å². The Labute approximate surface area is 102 Å². The van der Waals surface area contributed by atoms with Crippen LogP contribution < -0.4 is 0 Å². The average molecular weight is 244 g/mol. The summed E-state index contributed by atoms with van der Waals surface area (Å²) in [5, 5.41) is 0. The Kier molecular flexibility index (Phi) is 7.11. The van der Waals surface area contributed by atoms with E-state index in [1.165, 1.54) is 25.0 Å². The molecule has 0 unspecified atom stereocenters. The summed E-state index contributed by atoms with van der Waals surface area (Å²) in [7, 11) is 0. The SMILES string of the molecule is CCc1ccc(CSCCCCCS)o1. The number of aryl methyl sites for hydroxylation is 1. The van der Waals surface area contributed by atoms with E-state index in [9.17, 15) is 0 Å². The van der Waals surface area contributed by atoms with Crippen LogP contribution in [0.2, 0.25) is 0 Å². The van der Waals surface area contributed by atoms with Crippen molar-refractivity contribution in [1.82, 2.24) is 0 Å². The van der Waals surface area contributed by atoms with Gasteiger partial charge in [-0.1, -0.05) is 13.3 Å². The van der Waals surface area contributed by atoms with Crippen LogP contribution in [0.5, 0.6) is 0 Å². The van der Waals surface area contributed by atoms with Gasteiger partial charge in [-0.3, -0.25) is 0 Å². The molecule has 1 rings (SSSR count). The predicted octanol–water partition coefficient (Wildman–Crippen LogP) is 4.18. The molecule has 0 radical (unpaired) electrons. The molecule has 0 aliphatic rings. The van der Waals surface area contributed by atoms with Crippen LogP contribution >= 0.6 is 24.4 Å². The van der Waals surface area contributed by atoms with Crippen LogP contribution in [0.25, 0.3) is 0 Å². The number of hydrogen-bond donors (Lipinski definition) is 1. The summed E-state index contributed by atoms with van der Waals surface area (Å²) in [6.07, 6.45) is 4.83. The van der Waals surface area contributed by atoms with Gasteiger partial charge in [-0.2, -0.15) is 24.4 Å². The molecule has 0 atom stereocenters. The molecule has 0 N–H and O–H groups in total. The number of furan rings is 1. The first-order valence-corrected chi connectivity index (χ1v) is 7.41. The van der Waals surface area contributed by atoms with E-state index >= 15 is 0 Å². The first-order chi connectivity index (χ1) is 7.36. The largest absolute Gasteiger partial charge is 0.465 e. The van der Waals surface area contributed by atoms with Crippen LogP contribution in [0.4, 0.5) is 0 Å². The van der Waals surface area contributed by atoms with Crippen LogP contribution in [0, 0.1) is 0 Å². The fourth-order valence-electron chi connectivity index (χ4n) is 1.36.